The van der Waals surface area contributed by atoms with E-state index in [9.17, 15) is 14.7 Å². The molecule has 1 unspecified atom stereocenters. The van der Waals surface area contributed by atoms with Crippen molar-refractivity contribution < 1.29 is 14.7 Å². The van der Waals surface area contributed by atoms with Gasteiger partial charge in [-0.05, 0) is 12.8 Å². The van der Waals surface area contributed by atoms with Crippen LogP contribution in [0.4, 0.5) is 0 Å². The van der Waals surface area contributed by atoms with Gasteiger partial charge in [0, 0.05) is 13.5 Å². The lowest BCUT2D eigenvalue weighted by Crippen LogP contribution is -2.46. The van der Waals surface area contributed by atoms with E-state index in [-0.39, 0.29) is 30.8 Å². The maximum Gasteiger partial charge on any atom is 0.239 e. The normalized spacial score (nSPS) is 14.5. The summed E-state index contributed by atoms with van der Waals surface area (Å²) in [6.07, 6.45) is 0. The molecule has 3 N–H and O–H groups in total. The Labute approximate surface area is 90.2 Å². The highest BCUT2D eigenvalue weighted by Gasteiger charge is 2.25. The van der Waals surface area contributed by atoms with E-state index in [2.05, 4.69) is 10.6 Å². The third-order valence-corrected chi connectivity index (χ3v) is 2.39. The predicted molar refractivity (Wildman–Crippen MR) is 57.2 cm³/mol. The lowest BCUT2D eigenvalue weighted by Gasteiger charge is -2.27. The second-order valence-electron chi connectivity index (χ2n) is 4.20. The van der Waals surface area contributed by atoms with Gasteiger partial charge in [0.25, 0.3) is 0 Å². The number of carbonyl (C=O) groups excluding carboxylic acids is 2. The fourth-order valence-corrected chi connectivity index (χ4v) is 0.749. The highest BCUT2D eigenvalue weighted by molar-refractivity contribution is 5.83. The quantitative estimate of drug-likeness (QED) is 0.587. The van der Waals surface area contributed by atoms with E-state index in [4.69, 9.17) is 0 Å². The van der Waals surface area contributed by atoms with E-state index in [1.165, 1.54) is 6.92 Å². The summed E-state index contributed by atoms with van der Waals surface area (Å²) in [5.74, 6) is -0.495. The van der Waals surface area contributed by atoms with Crippen molar-refractivity contribution in [3.8, 4) is 0 Å². The Morgan fingerprint density at radius 3 is 2.27 bits per heavy atom. The minimum atomic E-state index is -0.925. The van der Waals surface area contributed by atoms with Gasteiger partial charge in [0.1, 0.15) is 0 Å². The fraction of sp³-hybridized carbons (Fsp3) is 0.800. The second kappa shape index (κ2) is 5.70. The van der Waals surface area contributed by atoms with Gasteiger partial charge in [-0.3, -0.25) is 9.59 Å². The molecule has 0 aromatic carbocycles. The van der Waals surface area contributed by atoms with Crippen LogP contribution in [-0.4, -0.2) is 35.6 Å². The third kappa shape index (κ3) is 6.06. The first kappa shape index (κ1) is 13.9. The average Bonchev–Trinajstić information content (AvgIpc) is 2.11. The zero-order valence-electron chi connectivity index (χ0n) is 9.76. The molecule has 0 aromatic heterocycles. The van der Waals surface area contributed by atoms with Gasteiger partial charge in [-0.1, -0.05) is 13.8 Å². The molecule has 0 rings (SSSR count). The molecule has 0 spiro atoms. The molecule has 0 fully saturated rings. The first-order valence-electron chi connectivity index (χ1n) is 4.99. The van der Waals surface area contributed by atoms with Crippen molar-refractivity contribution in [2.75, 3.05) is 13.1 Å². The Bertz CT molecular complexity index is 237. The molecule has 0 aliphatic heterocycles. The number of nitrogens with one attached hydrogen (secondary N) is 2. The zero-order valence-corrected chi connectivity index (χ0v) is 9.76. The van der Waals surface area contributed by atoms with Crippen molar-refractivity contribution in [3.63, 3.8) is 0 Å². The monoisotopic (exact) mass is 216 g/mol. The molecule has 0 saturated carbocycles. The first-order chi connectivity index (χ1) is 6.75. The lowest BCUT2D eigenvalue weighted by molar-refractivity contribution is -0.125. The van der Waals surface area contributed by atoms with Crippen molar-refractivity contribution in [2.24, 2.45) is 5.92 Å². The van der Waals surface area contributed by atoms with Crippen LogP contribution in [-0.2, 0) is 9.59 Å². The van der Waals surface area contributed by atoms with E-state index in [1.54, 1.807) is 6.92 Å². The van der Waals surface area contributed by atoms with Crippen molar-refractivity contribution in [1.29, 1.82) is 0 Å². The van der Waals surface area contributed by atoms with Crippen LogP contribution < -0.4 is 10.6 Å². The maximum atomic E-state index is 11.2. The summed E-state index contributed by atoms with van der Waals surface area (Å²) in [6.45, 7) is 6.89. The van der Waals surface area contributed by atoms with Gasteiger partial charge in [-0.25, -0.2) is 0 Å². The molecule has 5 heteroatoms. The van der Waals surface area contributed by atoms with E-state index in [0.29, 0.717) is 0 Å². The Kier molecular flexibility index (Phi) is 5.28. The Hall–Kier alpha value is -1.10. The van der Waals surface area contributed by atoms with Gasteiger partial charge < -0.3 is 15.7 Å². The molecule has 0 radical (unpaired) electrons. The van der Waals surface area contributed by atoms with E-state index in [1.807, 2.05) is 13.8 Å². The van der Waals surface area contributed by atoms with Crippen LogP contribution in [0.2, 0.25) is 0 Å². The summed E-state index contributed by atoms with van der Waals surface area (Å²) in [4.78, 5) is 21.7. The highest BCUT2D eigenvalue weighted by atomic mass is 16.3. The number of aliphatic hydroxyl groups is 1. The molecule has 88 valence electrons. The van der Waals surface area contributed by atoms with Gasteiger partial charge in [0.15, 0.2) is 0 Å². The highest BCUT2D eigenvalue weighted by Crippen LogP contribution is 2.14. The lowest BCUT2D eigenvalue weighted by atomic mass is 9.92. The van der Waals surface area contributed by atoms with Gasteiger partial charge in [0.2, 0.25) is 11.8 Å². The molecule has 1 atom stereocenters. The zero-order chi connectivity index (χ0) is 12.1. The Balaban J connectivity index is 3.85. The molecule has 0 saturated heterocycles. The van der Waals surface area contributed by atoms with Gasteiger partial charge >= 0.3 is 0 Å². The van der Waals surface area contributed by atoms with E-state index in [0.717, 1.165) is 0 Å². The molecule has 0 aliphatic rings. The van der Waals surface area contributed by atoms with Gasteiger partial charge in [-0.2, -0.15) is 0 Å². The number of hydrogen-bond acceptors (Lipinski definition) is 3. The number of rotatable bonds is 5. The van der Waals surface area contributed by atoms with Crippen LogP contribution >= 0.6 is 0 Å². The van der Waals surface area contributed by atoms with Gasteiger partial charge in [0.05, 0.1) is 12.1 Å². The predicted octanol–water partition coefficient (Wildman–Crippen LogP) is -0.354. The molecule has 0 bridgehead atoms. The minimum Gasteiger partial charge on any atom is -0.388 e. The molecule has 0 aromatic rings. The van der Waals surface area contributed by atoms with Crippen LogP contribution in [0, 0.1) is 5.92 Å². The SMILES string of the molecule is CC(=O)NCC(=O)NCC(C)(O)C(C)C. The second-order valence-corrected chi connectivity index (χ2v) is 4.20. The molecule has 0 heterocycles. The van der Waals surface area contributed by atoms with Crippen molar-refractivity contribution in [2.45, 2.75) is 33.3 Å². The fourth-order valence-electron chi connectivity index (χ4n) is 0.749. The number of amides is 2. The van der Waals surface area contributed by atoms with Crippen LogP contribution in [0.1, 0.15) is 27.7 Å². The van der Waals surface area contributed by atoms with Crippen LogP contribution in [0.25, 0.3) is 0 Å². The molecular weight excluding hydrogens is 196 g/mol. The van der Waals surface area contributed by atoms with Crippen LogP contribution in [0.3, 0.4) is 0 Å². The maximum absolute atomic E-state index is 11.2. The van der Waals surface area contributed by atoms with Crippen LogP contribution in [0.5, 0.6) is 0 Å². The standard InChI is InChI=1S/C10H20N2O3/c1-7(2)10(4,15)6-12-9(14)5-11-8(3)13/h7,15H,5-6H2,1-4H3,(H,11,13)(H,12,14). The average molecular weight is 216 g/mol. The molecule has 2 amide bonds. The molecule has 5 nitrogen and oxygen atoms in total. The van der Waals surface area contributed by atoms with Crippen molar-refractivity contribution >= 4 is 11.8 Å². The molecule has 15 heavy (non-hydrogen) atoms. The molecule has 0 aliphatic carbocycles. The minimum absolute atomic E-state index is 0.0521. The van der Waals surface area contributed by atoms with E-state index >= 15 is 0 Å². The summed E-state index contributed by atoms with van der Waals surface area (Å²) < 4.78 is 0. The summed E-state index contributed by atoms with van der Waals surface area (Å²) >= 11 is 0. The summed E-state index contributed by atoms with van der Waals surface area (Å²) in [6, 6.07) is 0. The molecular formula is C10H20N2O3. The topological polar surface area (TPSA) is 78.4 Å². The van der Waals surface area contributed by atoms with E-state index < -0.39 is 5.60 Å². The third-order valence-electron chi connectivity index (χ3n) is 2.39. The number of carbonyl (C=O) groups is 2. The summed E-state index contributed by atoms with van der Waals surface area (Å²) in [5, 5.41) is 14.8. The first-order valence-corrected chi connectivity index (χ1v) is 4.99. The van der Waals surface area contributed by atoms with Crippen molar-refractivity contribution in [1.82, 2.24) is 10.6 Å². The van der Waals surface area contributed by atoms with Gasteiger partial charge in [-0.15, -0.1) is 0 Å². The Morgan fingerprint density at radius 2 is 1.87 bits per heavy atom. The van der Waals surface area contributed by atoms with Crippen molar-refractivity contribution in [3.05, 3.63) is 0 Å². The smallest absolute Gasteiger partial charge is 0.239 e. The summed E-state index contributed by atoms with van der Waals surface area (Å²) in [5.41, 5.74) is -0.925. The Morgan fingerprint density at radius 1 is 1.33 bits per heavy atom. The largest absolute Gasteiger partial charge is 0.388 e. The number of hydrogen-bond donors (Lipinski definition) is 3. The summed E-state index contributed by atoms with van der Waals surface area (Å²) in [7, 11) is 0. The van der Waals surface area contributed by atoms with Crippen LogP contribution in [0.15, 0.2) is 0 Å².